The van der Waals surface area contributed by atoms with Gasteiger partial charge in [-0.3, -0.25) is 9.11 Å². The number of halogens is 3. The van der Waals surface area contributed by atoms with Crippen molar-refractivity contribution >= 4 is 84.8 Å². The summed E-state index contributed by atoms with van der Waals surface area (Å²) in [5, 5.41) is 5.86. The number of rotatable bonds is 7. The van der Waals surface area contributed by atoms with Crippen LogP contribution in [0.15, 0.2) is 76.5 Å². The molecule has 3 aromatic carbocycles. The van der Waals surface area contributed by atoms with Gasteiger partial charge in [0.25, 0.3) is 0 Å². The predicted molar refractivity (Wildman–Crippen MR) is 164 cm³/mol. The van der Waals surface area contributed by atoms with E-state index in [1.54, 1.807) is 42.5 Å². The molecule has 4 aromatic rings. The van der Waals surface area contributed by atoms with Gasteiger partial charge in [-0.2, -0.15) is 21.8 Å². The van der Waals surface area contributed by atoms with E-state index in [0.29, 0.717) is 38.3 Å². The van der Waals surface area contributed by atoms with Crippen molar-refractivity contribution in [3.8, 4) is 11.1 Å². The molecule has 0 bridgehead atoms. The Morgan fingerprint density at radius 2 is 1.51 bits per heavy atom. The highest BCUT2D eigenvalue weighted by atomic mass is 35.5. The maximum Gasteiger partial charge on any atom is 0.394 e. The Balaban J connectivity index is 0.000000934. The highest BCUT2D eigenvalue weighted by Crippen LogP contribution is 2.35. The Kier molecular flexibility index (Phi) is 11.1. The summed E-state index contributed by atoms with van der Waals surface area (Å²) >= 11 is 13.7. The summed E-state index contributed by atoms with van der Waals surface area (Å²) in [5.41, 5.74) is 14.5. The molecule has 0 aliphatic rings. The minimum atomic E-state index is -4.88. The number of hydrogen-bond acceptors (Lipinski definition) is 10. The van der Waals surface area contributed by atoms with Crippen LogP contribution in [0, 0.1) is 0 Å². The van der Waals surface area contributed by atoms with Gasteiger partial charge >= 0.3 is 26.7 Å². The van der Waals surface area contributed by atoms with E-state index in [1.807, 2.05) is 0 Å². The van der Waals surface area contributed by atoms with E-state index in [-0.39, 0.29) is 17.5 Å². The Hall–Kier alpha value is -3.71. The number of nitrogens with two attached hydrogens (primary N) is 2. The number of carbonyl (C=O) groups is 1. The smallest absolute Gasteiger partial charge is 0.383 e. The van der Waals surface area contributed by atoms with Gasteiger partial charge in [-0.25, -0.2) is 9.78 Å². The third-order valence-corrected chi connectivity index (χ3v) is 7.68. The zero-order chi connectivity index (χ0) is 31.9. The van der Waals surface area contributed by atoms with E-state index in [0.717, 1.165) is 17.0 Å². The number of amides is 2. The summed E-state index contributed by atoms with van der Waals surface area (Å²) in [7, 11) is -9.55. The van der Waals surface area contributed by atoms with E-state index >= 15 is 0 Å². The summed E-state index contributed by atoms with van der Waals surface area (Å²) in [4.78, 5) is 21.0. The molecule has 0 unspecified atom stereocenters. The summed E-state index contributed by atoms with van der Waals surface area (Å²) in [6, 6.07) is 16.3. The number of hydrogen-bond donors (Lipinski definition) is 6. The Morgan fingerprint density at radius 1 is 0.884 bits per heavy atom. The summed E-state index contributed by atoms with van der Waals surface area (Å²) < 4.78 is 66.9. The van der Waals surface area contributed by atoms with E-state index in [4.69, 9.17) is 52.2 Å². The summed E-state index contributed by atoms with van der Waals surface area (Å²) in [6.07, 6.45) is 0. The number of nitrogens with zero attached hydrogens (tertiary/aromatic N) is 2. The molecule has 19 heteroatoms. The fourth-order valence-corrected chi connectivity index (χ4v) is 5.07. The molecule has 1 heterocycles. The molecule has 8 N–H and O–H groups in total. The van der Waals surface area contributed by atoms with Crippen LogP contribution < -0.4 is 22.1 Å². The number of nitrogens with one attached hydrogen (secondary N) is 2. The highest BCUT2D eigenvalue weighted by molar-refractivity contribution is 7.98. The molecular weight excluding hydrogens is 670 g/mol. The van der Waals surface area contributed by atoms with Crippen molar-refractivity contribution in [3.63, 3.8) is 0 Å². The van der Waals surface area contributed by atoms with Gasteiger partial charge in [0.05, 0.1) is 15.7 Å². The number of urea groups is 1. The molecular formula is C24H21Cl2FN6O7S3. The zero-order valence-corrected chi connectivity index (χ0v) is 25.4. The zero-order valence-electron chi connectivity index (χ0n) is 21.4. The van der Waals surface area contributed by atoms with Crippen molar-refractivity contribution in [2.24, 2.45) is 0 Å². The van der Waals surface area contributed by atoms with Crippen LogP contribution in [0.25, 0.3) is 11.1 Å². The molecule has 43 heavy (non-hydrogen) atoms. The second-order valence-electron chi connectivity index (χ2n) is 8.22. The van der Waals surface area contributed by atoms with Gasteiger partial charge in [0, 0.05) is 27.6 Å². The van der Waals surface area contributed by atoms with Gasteiger partial charge in [0.1, 0.15) is 10.7 Å². The first-order valence-corrected chi connectivity index (χ1v) is 15.9. The van der Waals surface area contributed by atoms with Crippen LogP contribution in [0.2, 0.25) is 10.0 Å². The highest BCUT2D eigenvalue weighted by Gasteiger charge is 2.16. The Morgan fingerprint density at radius 3 is 2.12 bits per heavy atom. The second kappa shape index (κ2) is 14.2. The van der Waals surface area contributed by atoms with Gasteiger partial charge in [-0.15, -0.1) is 15.6 Å². The van der Waals surface area contributed by atoms with Crippen molar-refractivity contribution in [2.45, 2.75) is 15.5 Å². The minimum absolute atomic E-state index is 0.0436. The summed E-state index contributed by atoms with van der Waals surface area (Å²) in [5.74, 6) is 0.668. The maximum atomic E-state index is 13.2. The SMILES string of the molecule is Nc1nc(N)c(-c2ccc(Cl)c(Cl)c2)c(CSc2ccc(NC(=O)Nc3cccc(S(=O)(=O)F)c3)cc2)n1.O=S(=O)(O)O. The third-order valence-electron chi connectivity index (χ3n) is 5.10. The topological polar surface area (TPSA) is 228 Å². The average Bonchev–Trinajstić information content (AvgIpc) is 2.88. The monoisotopic (exact) mass is 690 g/mol. The average molecular weight is 692 g/mol. The molecule has 0 saturated heterocycles. The van der Waals surface area contributed by atoms with Crippen LogP contribution in [0.3, 0.4) is 0 Å². The van der Waals surface area contributed by atoms with Crippen LogP contribution in [0.4, 0.5) is 31.8 Å². The van der Waals surface area contributed by atoms with Gasteiger partial charge in [0.2, 0.25) is 5.95 Å². The molecule has 4 rings (SSSR count). The van der Waals surface area contributed by atoms with E-state index in [2.05, 4.69) is 20.6 Å². The largest absolute Gasteiger partial charge is 0.394 e. The van der Waals surface area contributed by atoms with Crippen LogP contribution in [-0.2, 0) is 26.4 Å². The molecule has 13 nitrogen and oxygen atoms in total. The standard InChI is InChI=1S/C24H19Cl2FN6O3S2.H2O4S/c25-18-9-4-13(10-19(18)26)21-20(32-23(29)33-22(21)28)12-37-16-7-5-14(6-8-16)30-24(34)31-15-2-1-3-17(11-15)38(27,35)36;1-5(2,3)4/h1-11H,12H2,(H2,30,31,34)(H4,28,29,32,33);(H2,1,2,3,4). The lowest BCUT2D eigenvalue weighted by Gasteiger charge is -2.13. The van der Waals surface area contributed by atoms with Gasteiger partial charge in [-0.05, 0) is 60.2 Å². The lowest BCUT2D eigenvalue weighted by molar-refractivity contribution is 0.262. The Labute approximate surface area is 259 Å². The molecule has 0 aliphatic heterocycles. The van der Waals surface area contributed by atoms with Gasteiger partial charge in [0.15, 0.2) is 0 Å². The molecule has 228 valence electrons. The van der Waals surface area contributed by atoms with Gasteiger partial charge < -0.3 is 22.1 Å². The molecule has 1 aromatic heterocycles. The van der Waals surface area contributed by atoms with Crippen LogP contribution >= 0.6 is 35.0 Å². The number of nitrogen functional groups attached to an aromatic ring is 2. The molecule has 0 radical (unpaired) electrons. The van der Waals surface area contributed by atoms with Crippen molar-refractivity contribution < 1.29 is 34.6 Å². The minimum Gasteiger partial charge on any atom is -0.383 e. The molecule has 0 atom stereocenters. The van der Waals surface area contributed by atoms with E-state index < -0.39 is 31.5 Å². The molecule has 0 saturated carbocycles. The van der Waals surface area contributed by atoms with Crippen LogP contribution in [-0.4, -0.2) is 41.9 Å². The van der Waals surface area contributed by atoms with Crippen molar-refractivity contribution in [3.05, 3.63) is 82.5 Å². The van der Waals surface area contributed by atoms with Gasteiger partial charge in [-0.1, -0.05) is 35.3 Å². The first-order valence-electron chi connectivity index (χ1n) is 11.4. The van der Waals surface area contributed by atoms with E-state index in [9.17, 15) is 17.1 Å². The molecule has 0 aliphatic carbocycles. The first-order chi connectivity index (χ1) is 20.0. The van der Waals surface area contributed by atoms with E-state index in [1.165, 1.54) is 23.9 Å². The number of anilines is 4. The normalized spacial score (nSPS) is 11.3. The number of aromatic nitrogens is 2. The fourth-order valence-electron chi connectivity index (χ4n) is 3.42. The predicted octanol–water partition coefficient (Wildman–Crippen LogP) is 5.56. The quantitative estimate of drug-likeness (QED) is 0.0796. The third kappa shape index (κ3) is 10.8. The molecule has 2 amide bonds. The maximum absolute atomic E-state index is 13.2. The molecule has 0 fully saturated rings. The first kappa shape index (κ1) is 33.8. The van der Waals surface area contributed by atoms with Crippen molar-refractivity contribution in [2.75, 3.05) is 22.1 Å². The number of benzene rings is 3. The Bertz CT molecular complexity index is 1860. The summed E-state index contributed by atoms with van der Waals surface area (Å²) in [6.45, 7) is 0. The van der Waals surface area contributed by atoms with Crippen molar-refractivity contribution in [1.82, 2.24) is 9.97 Å². The fraction of sp³-hybridized carbons (Fsp3) is 0.0417. The van der Waals surface area contributed by atoms with Crippen LogP contribution in [0.1, 0.15) is 5.69 Å². The lowest BCUT2D eigenvalue weighted by Crippen LogP contribution is -2.19. The second-order valence-corrected chi connectivity index (χ2v) is 12.3. The van der Waals surface area contributed by atoms with Crippen molar-refractivity contribution in [1.29, 1.82) is 0 Å². The number of thioether (sulfide) groups is 1. The van der Waals surface area contributed by atoms with Crippen LogP contribution in [0.5, 0.6) is 0 Å². The number of carbonyl (C=O) groups excluding carboxylic acids is 1. The molecule has 0 spiro atoms. The lowest BCUT2D eigenvalue weighted by atomic mass is 10.1.